The topological polar surface area (TPSA) is 50.7 Å². The number of hydrogen-bond acceptors (Lipinski definition) is 4. The second kappa shape index (κ2) is 7.65. The molecule has 0 aromatic heterocycles. The SMILES string of the molecule is COc1ccc(COC[C@H](O)CNC[C@H]2CC2(Cl)Cl)cc1. The summed E-state index contributed by atoms with van der Waals surface area (Å²) in [5, 5.41) is 13.0. The zero-order valence-electron chi connectivity index (χ0n) is 12.0. The van der Waals surface area contributed by atoms with Gasteiger partial charge in [0.15, 0.2) is 0 Å². The van der Waals surface area contributed by atoms with Crippen molar-refractivity contribution in [2.24, 2.45) is 5.92 Å². The number of nitrogens with one attached hydrogen (secondary N) is 1. The maximum atomic E-state index is 9.80. The van der Waals surface area contributed by atoms with Gasteiger partial charge in [0.1, 0.15) is 10.1 Å². The van der Waals surface area contributed by atoms with Crippen molar-refractivity contribution < 1.29 is 14.6 Å². The standard InChI is InChI=1S/C15H21Cl2NO3/c1-20-14-4-2-11(3-5-14)9-21-10-13(19)8-18-7-12-6-15(12,16)17/h2-5,12-13,18-19H,6-10H2,1H3/t12-,13-/m1/s1. The van der Waals surface area contributed by atoms with Gasteiger partial charge in [-0.25, -0.2) is 0 Å². The van der Waals surface area contributed by atoms with Crippen molar-refractivity contribution in [2.45, 2.75) is 23.5 Å². The first-order valence-electron chi connectivity index (χ1n) is 6.98. The van der Waals surface area contributed by atoms with Crippen LogP contribution in [-0.2, 0) is 11.3 Å². The summed E-state index contributed by atoms with van der Waals surface area (Å²) < 4.78 is 10.0. The molecule has 118 valence electrons. The van der Waals surface area contributed by atoms with Crippen LogP contribution in [0.5, 0.6) is 5.75 Å². The average Bonchev–Trinajstić information content (AvgIpc) is 3.07. The first kappa shape index (κ1) is 16.8. The fraction of sp³-hybridized carbons (Fsp3) is 0.600. The highest BCUT2D eigenvalue weighted by Crippen LogP contribution is 2.52. The zero-order chi connectivity index (χ0) is 15.3. The van der Waals surface area contributed by atoms with Crippen LogP contribution in [0.25, 0.3) is 0 Å². The van der Waals surface area contributed by atoms with Gasteiger partial charge in [-0.1, -0.05) is 12.1 Å². The number of methoxy groups -OCH3 is 1. The summed E-state index contributed by atoms with van der Waals surface area (Å²) in [6, 6.07) is 7.65. The van der Waals surface area contributed by atoms with Gasteiger partial charge < -0.3 is 19.9 Å². The van der Waals surface area contributed by atoms with Gasteiger partial charge in [-0.15, -0.1) is 23.2 Å². The summed E-state index contributed by atoms with van der Waals surface area (Å²) in [5.41, 5.74) is 1.04. The Morgan fingerprint density at radius 3 is 2.62 bits per heavy atom. The van der Waals surface area contributed by atoms with E-state index in [4.69, 9.17) is 32.7 Å². The third kappa shape index (κ3) is 5.64. The molecule has 1 aliphatic rings. The molecule has 1 aromatic carbocycles. The minimum absolute atomic E-state index is 0.285. The quantitative estimate of drug-likeness (QED) is 0.681. The highest BCUT2D eigenvalue weighted by molar-refractivity contribution is 6.50. The first-order chi connectivity index (χ1) is 10.0. The van der Waals surface area contributed by atoms with Gasteiger partial charge in [-0.2, -0.15) is 0 Å². The van der Waals surface area contributed by atoms with Crippen molar-refractivity contribution in [2.75, 3.05) is 26.8 Å². The van der Waals surface area contributed by atoms with Gasteiger partial charge in [-0.05, 0) is 24.1 Å². The molecule has 0 saturated heterocycles. The van der Waals surface area contributed by atoms with Gasteiger partial charge in [-0.3, -0.25) is 0 Å². The second-order valence-corrected chi connectivity index (χ2v) is 6.88. The average molecular weight is 334 g/mol. The number of benzene rings is 1. The lowest BCUT2D eigenvalue weighted by molar-refractivity contribution is 0.0288. The molecule has 0 radical (unpaired) electrons. The lowest BCUT2D eigenvalue weighted by Crippen LogP contribution is -2.32. The summed E-state index contributed by atoms with van der Waals surface area (Å²) >= 11 is 11.8. The Bertz CT molecular complexity index is 439. The number of halogens is 2. The smallest absolute Gasteiger partial charge is 0.122 e. The van der Waals surface area contributed by atoms with Crippen LogP contribution in [0.1, 0.15) is 12.0 Å². The van der Waals surface area contributed by atoms with Gasteiger partial charge in [0.2, 0.25) is 0 Å². The van der Waals surface area contributed by atoms with E-state index in [1.807, 2.05) is 24.3 Å². The normalized spacial score (nSPS) is 21.0. The molecule has 21 heavy (non-hydrogen) atoms. The van der Waals surface area contributed by atoms with Crippen molar-refractivity contribution in [3.8, 4) is 5.75 Å². The van der Waals surface area contributed by atoms with Gasteiger partial charge in [0.25, 0.3) is 0 Å². The number of aliphatic hydroxyl groups excluding tert-OH is 1. The molecule has 0 aliphatic heterocycles. The van der Waals surface area contributed by atoms with Gasteiger partial charge in [0, 0.05) is 19.0 Å². The highest BCUT2D eigenvalue weighted by atomic mass is 35.5. The molecule has 2 rings (SSSR count). The zero-order valence-corrected chi connectivity index (χ0v) is 13.5. The van der Waals surface area contributed by atoms with Crippen molar-refractivity contribution >= 4 is 23.2 Å². The number of ether oxygens (including phenoxy) is 2. The third-order valence-corrected chi connectivity index (χ3v) is 4.39. The molecular formula is C15H21Cl2NO3. The van der Waals surface area contributed by atoms with E-state index in [1.54, 1.807) is 7.11 Å². The fourth-order valence-electron chi connectivity index (χ4n) is 2.01. The Balaban J connectivity index is 1.55. The van der Waals surface area contributed by atoms with E-state index < -0.39 is 10.4 Å². The van der Waals surface area contributed by atoms with Crippen LogP contribution in [0, 0.1) is 5.92 Å². The van der Waals surface area contributed by atoms with Gasteiger partial charge in [0.05, 0.1) is 26.4 Å². The summed E-state index contributed by atoms with van der Waals surface area (Å²) in [6.07, 6.45) is 0.273. The summed E-state index contributed by atoms with van der Waals surface area (Å²) in [5.74, 6) is 1.10. The Kier molecular flexibility index (Phi) is 6.14. The Morgan fingerprint density at radius 1 is 1.38 bits per heavy atom. The Morgan fingerprint density at radius 2 is 2.05 bits per heavy atom. The largest absolute Gasteiger partial charge is 0.497 e. The number of alkyl halides is 2. The van der Waals surface area contributed by atoms with Crippen LogP contribution in [0.15, 0.2) is 24.3 Å². The van der Waals surface area contributed by atoms with E-state index in [0.29, 0.717) is 13.2 Å². The van der Waals surface area contributed by atoms with Gasteiger partial charge >= 0.3 is 0 Å². The molecule has 0 unspecified atom stereocenters. The third-order valence-electron chi connectivity index (χ3n) is 3.46. The van der Waals surface area contributed by atoms with Crippen molar-refractivity contribution in [1.29, 1.82) is 0 Å². The van der Waals surface area contributed by atoms with E-state index in [1.165, 1.54) is 0 Å². The molecule has 0 heterocycles. The Labute approximate surface area is 135 Å². The minimum Gasteiger partial charge on any atom is -0.497 e. The van der Waals surface area contributed by atoms with Crippen molar-refractivity contribution in [3.63, 3.8) is 0 Å². The maximum absolute atomic E-state index is 9.80. The monoisotopic (exact) mass is 333 g/mol. The highest BCUT2D eigenvalue weighted by Gasteiger charge is 2.50. The molecule has 0 bridgehead atoms. The Hall–Kier alpha value is -0.520. The molecule has 4 nitrogen and oxygen atoms in total. The van der Waals surface area contributed by atoms with E-state index in [-0.39, 0.29) is 12.5 Å². The van der Waals surface area contributed by atoms with Crippen LogP contribution in [0.2, 0.25) is 0 Å². The molecule has 1 aliphatic carbocycles. The molecular weight excluding hydrogens is 313 g/mol. The van der Waals surface area contributed by atoms with Crippen LogP contribution in [0.3, 0.4) is 0 Å². The van der Waals surface area contributed by atoms with Crippen LogP contribution in [0.4, 0.5) is 0 Å². The van der Waals surface area contributed by atoms with Crippen LogP contribution >= 0.6 is 23.2 Å². The maximum Gasteiger partial charge on any atom is 0.122 e. The van der Waals surface area contributed by atoms with Crippen molar-refractivity contribution in [1.82, 2.24) is 5.32 Å². The van der Waals surface area contributed by atoms with Crippen LogP contribution in [-0.4, -0.2) is 42.4 Å². The fourth-order valence-corrected chi connectivity index (χ4v) is 2.54. The molecule has 6 heteroatoms. The molecule has 2 atom stereocenters. The second-order valence-electron chi connectivity index (χ2n) is 5.34. The summed E-state index contributed by atoms with van der Waals surface area (Å²) in [6.45, 7) is 1.96. The van der Waals surface area contributed by atoms with E-state index >= 15 is 0 Å². The summed E-state index contributed by atoms with van der Waals surface area (Å²) in [4.78, 5) is 0. The number of hydrogen-bond donors (Lipinski definition) is 2. The van der Waals surface area contributed by atoms with E-state index in [9.17, 15) is 5.11 Å². The first-order valence-corrected chi connectivity index (χ1v) is 7.74. The predicted molar refractivity (Wildman–Crippen MR) is 84.1 cm³/mol. The molecule has 1 fully saturated rings. The van der Waals surface area contributed by atoms with E-state index in [2.05, 4.69) is 5.32 Å². The number of rotatable bonds is 9. The summed E-state index contributed by atoms with van der Waals surface area (Å²) in [7, 11) is 1.63. The molecule has 0 spiro atoms. The number of aliphatic hydroxyl groups is 1. The predicted octanol–water partition coefficient (Wildman–Crippen LogP) is 2.36. The van der Waals surface area contributed by atoms with Crippen LogP contribution < -0.4 is 10.1 Å². The van der Waals surface area contributed by atoms with Crippen molar-refractivity contribution in [3.05, 3.63) is 29.8 Å². The molecule has 1 saturated carbocycles. The minimum atomic E-state index is -0.567. The molecule has 2 N–H and O–H groups in total. The molecule has 1 aromatic rings. The lowest BCUT2D eigenvalue weighted by atomic mass is 10.2. The molecule has 0 amide bonds. The van der Waals surface area contributed by atoms with E-state index in [0.717, 1.165) is 24.3 Å². The lowest BCUT2D eigenvalue weighted by Gasteiger charge is -2.12.